The molecule has 13 heavy (non-hydrogen) atoms. The molecule has 5 heteroatoms. The Morgan fingerprint density at radius 1 is 1.54 bits per heavy atom. The van der Waals surface area contributed by atoms with Gasteiger partial charge in [-0.3, -0.25) is 0 Å². The molecule has 0 saturated carbocycles. The number of nitrogens with zero attached hydrogens (tertiary/aromatic N) is 3. The lowest BCUT2D eigenvalue weighted by atomic mass is 10.5. The SMILES string of the molecule is C=CCNc1ncc2[nH]cnc2n1. The molecular weight excluding hydrogens is 166 g/mol. The van der Waals surface area contributed by atoms with E-state index < -0.39 is 0 Å². The van der Waals surface area contributed by atoms with Gasteiger partial charge in [-0.05, 0) is 0 Å². The van der Waals surface area contributed by atoms with E-state index in [9.17, 15) is 0 Å². The van der Waals surface area contributed by atoms with Crippen LogP contribution < -0.4 is 5.32 Å². The zero-order valence-electron chi connectivity index (χ0n) is 6.99. The number of nitrogens with one attached hydrogen (secondary N) is 2. The molecule has 0 amide bonds. The van der Waals surface area contributed by atoms with E-state index in [4.69, 9.17) is 0 Å². The van der Waals surface area contributed by atoms with Crippen molar-refractivity contribution in [3.8, 4) is 0 Å². The Bertz CT molecular complexity index is 419. The molecule has 66 valence electrons. The summed E-state index contributed by atoms with van der Waals surface area (Å²) >= 11 is 0. The van der Waals surface area contributed by atoms with E-state index in [2.05, 4.69) is 31.8 Å². The number of rotatable bonds is 3. The average molecular weight is 175 g/mol. The van der Waals surface area contributed by atoms with Crippen LogP contribution in [0.1, 0.15) is 0 Å². The molecule has 0 aromatic carbocycles. The minimum Gasteiger partial charge on any atom is -0.351 e. The van der Waals surface area contributed by atoms with Gasteiger partial charge in [0, 0.05) is 6.54 Å². The predicted octanol–water partition coefficient (Wildman–Crippen LogP) is 0.951. The highest BCUT2D eigenvalue weighted by atomic mass is 15.1. The maximum absolute atomic E-state index is 4.16. The molecule has 0 atom stereocenters. The summed E-state index contributed by atoms with van der Waals surface area (Å²) in [4.78, 5) is 15.2. The molecule has 5 nitrogen and oxygen atoms in total. The summed E-state index contributed by atoms with van der Waals surface area (Å²) in [5.74, 6) is 0.569. The van der Waals surface area contributed by atoms with Gasteiger partial charge in [-0.1, -0.05) is 6.08 Å². The summed E-state index contributed by atoms with van der Waals surface area (Å²) in [5.41, 5.74) is 1.51. The quantitative estimate of drug-likeness (QED) is 0.681. The number of hydrogen-bond acceptors (Lipinski definition) is 4. The Morgan fingerprint density at radius 2 is 2.46 bits per heavy atom. The van der Waals surface area contributed by atoms with Crippen molar-refractivity contribution in [3.63, 3.8) is 0 Å². The third-order valence-electron chi connectivity index (χ3n) is 1.58. The van der Waals surface area contributed by atoms with Gasteiger partial charge in [-0.2, -0.15) is 4.98 Å². The van der Waals surface area contributed by atoms with Gasteiger partial charge in [-0.15, -0.1) is 6.58 Å². The van der Waals surface area contributed by atoms with E-state index in [0.29, 0.717) is 18.1 Å². The second-order valence-corrected chi connectivity index (χ2v) is 2.50. The number of hydrogen-bond donors (Lipinski definition) is 2. The average Bonchev–Trinajstić information content (AvgIpc) is 2.61. The minimum atomic E-state index is 0.569. The number of aromatic nitrogens is 4. The first-order valence-corrected chi connectivity index (χ1v) is 3.91. The fourth-order valence-corrected chi connectivity index (χ4v) is 0.985. The molecule has 0 bridgehead atoms. The lowest BCUT2D eigenvalue weighted by Crippen LogP contribution is -2.02. The van der Waals surface area contributed by atoms with Gasteiger partial charge in [0.1, 0.15) is 5.52 Å². The Hall–Kier alpha value is -1.91. The lowest BCUT2D eigenvalue weighted by molar-refractivity contribution is 1.14. The van der Waals surface area contributed by atoms with Crippen molar-refractivity contribution in [2.75, 3.05) is 11.9 Å². The molecule has 2 heterocycles. The highest BCUT2D eigenvalue weighted by Crippen LogP contribution is 2.06. The molecule has 2 aromatic rings. The Morgan fingerprint density at radius 3 is 3.31 bits per heavy atom. The standard InChI is InChI=1S/C8H9N5/c1-2-3-9-8-10-4-6-7(13-8)12-5-11-6/h2,4-5H,1,3H2,(H2,9,10,11,12,13). The van der Waals surface area contributed by atoms with Crippen molar-refractivity contribution in [1.82, 2.24) is 19.9 Å². The molecule has 0 saturated heterocycles. The molecule has 0 unspecified atom stereocenters. The van der Waals surface area contributed by atoms with Crippen molar-refractivity contribution < 1.29 is 0 Å². The predicted molar refractivity (Wildman–Crippen MR) is 50.4 cm³/mol. The number of H-pyrrole nitrogens is 1. The van der Waals surface area contributed by atoms with Gasteiger partial charge in [0.15, 0.2) is 5.65 Å². The fraction of sp³-hybridized carbons (Fsp3) is 0.125. The van der Waals surface area contributed by atoms with Gasteiger partial charge in [-0.25, -0.2) is 9.97 Å². The smallest absolute Gasteiger partial charge is 0.225 e. The molecule has 0 aliphatic carbocycles. The van der Waals surface area contributed by atoms with E-state index in [1.54, 1.807) is 18.6 Å². The van der Waals surface area contributed by atoms with Gasteiger partial charge in [0.05, 0.1) is 12.5 Å². The summed E-state index contributed by atoms with van der Waals surface area (Å²) in [6.07, 6.45) is 5.04. The summed E-state index contributed by atoms with van der Waals surface area (Å²) in [5, 5.41) is 2.98. The van der Waals surface area contributed by atoms with Gasteiger partial charge < -0.3 is 10.3 Å². The Kier molecular flexibility index (Phi) is 1.91. The van der Waals surface area contributed by atoms with Gasteiger partial charge in [0.2, 0.25) is 5.95 Å². The van der Waals surface area contributed by atoms with E-state index in [-0.39, 0.29) is 0 Å². The highest BCUT2D eigenvalue weighted by Gasteiger charge is 1.99. The summed E-state index contributed by atoms with van der Waals surface area (Å²) in [6, 6.07) is 0. The van der Waals surface area contributed by atoms with E-state index in [1.165, 1.54) is 0 Å². The monoisotopic (exact) mass is 175 g/mol. The third kappa shape index (κ3) is 1.48. The summed E-state index contributed by atoms with van der Waals surface area (Å²) in [7, 11) is 0. The molecule has 0 spiro atoms. The molecular formula is C8H9N5. The topological polar surface area (TPSA) is 66.5 Å². The fourth-order valence-electron chi connectivity index (χ4n) is 0.985. The van der Waals surface area contributed by atoms with Crippen LogP contribution in [-0.2, 0) is 0 Å². The van der Waals surface area contributed by atoms with Crippen LogP contribution in [0.15, 0.2) is 25.2 Å². The van der Waals surface area contributed by atoms with Crippen LogP contribution >= 0.6 is 0 Å². The largest absolute Gasteiger partial charge is 0.351 e. The number of anilines is 1. The van der Waals surface area contributed by atoms with E-state index >= 15 is 0 Å². The van der Waals surface area contributed by atoms with Crippen molar-refractivity contribution in [2.24, 2.45) is 0 Å². The van der Waals surface area contributed by atoms with Crippen molar-refractivity contribution >= 4 is 17.1 Å². The molecule has 2 aromatic heterocycles. The lowest BCUT2D eigenvalue weighted by Gasteiger charge is -1.98. The van der Waals surface area contributed by atoms with Crippen LogP contribution in [0.5, 0.6) is 0 Å². The number of fused-ring (bicyclic) bond motifs is 1. The minimum absolute atomic E-state index is 0.569. The number of imidazole rings is 1. The zero-order valence-corrected chi connectivity index (χ0v) is 6.99. The maximum Gasteiger partial charge on any atom is 0.225 e. The third-order valence-corrected chi connectivity index (χ3v) is 1.58. The number of aromatic amines is 1. The van der Waals surface area contributed by atoms with E-state index in [0.717, 1.165) is 5.52 Å². The van der Waals surface area contributed by atoms with Crippen LogP contribution in [0, 0.1) is 0 Å². The van der Waals surface area contributed by atoms with E-state index in [1.807, 2.05) is 0 Å². The molecule has 0 radical (unpaired) electrons. The Balaban J connectivity index is 2.31. The summed E-state index contributed by atoms with van der Waals surface area (Å²) in [6.45, 7) is 4.24. The molecule has 0 aliphatic heterocycles. The van der Waals surface area contributed by atoms with Gasteiger partial charge >= 0.3 is 0 Å². The first-order valence-electron chi connectivity index (χ1n) is 3.91. The van der Waals surface area contributed by atoms with Crippen LogP contribution in [-0.4, -0.2) is 26.5 Å². The van der Waals surface area contributed by atoms with Gasteiger partial charge in [0.25, 0.3) is 0 Å². The first kappa shape index (κ1) is 7.72. The highest BCUT2D eigenvalue weighted by molar-refractivity contribution is 5.69. The van der Waals surface area contributed by atoms with Crippen molar-refractivity contribution in [2.45, 2.75) is 0 Å². The maximum atomic E-state index is 4.16. The molecule has 2 N–H and O–H groups in total. The molecule has 2 rings (SSSR count). The van der Waals surface area contributed by atoms with Crippen LogP contribution in [0.3, 0.4) is 0 Å². The second-order valence-electron chi connectivity index (χ2n) is 2.50. The molecule has 0 fully saturated rings. The Labute approximate surface area is 74.9 Å². The summed E-state index contributed by atoms with van der Waals surface area (Å²) < 4.78 is 0. The zero-order chi connectivity index (χ0) is 9.10. The first-order chi connectivity index (χ1) is 6.40. The normalized spacial score (nSPS) is 10.2. The van der Waals surface area contributed by atoms with Crippen LogP contribution in [0.25, 0.3) is 11.2 Å². The van der Waals surface area contributed by atoms with Crippen molar-refractivity contribution in [3.05, 3.63) is 25.2 Å². The van der Waals surface area contributed by atoms with Crippen LogP contribution in [0.2, 0.25) is 0 Å². The van der Waals surface area contributed by atoms with Crippen LogP contribution in [0.4, 0.5) is 5.95 Å². The second kappa shape index (κ2) is 3.22. The van der Waals surface area contributed by atoms with Crippen molar-refractivity contribution in [1.29, 1.82) is 0 Å². The molecule has 0 aliphatic rings.